The molecule has 0 N–H and O–H groups in total. The van der Waals surface area contributed by atoms with Crippen LogP contribution in [0.2, 0.25) is 0 Å². The molecule has 1 aromatic rings. The Hall–Kier alpha value is -2.01. The first kappa shape index (κ1) is 19.7. The molecule has 2 heterocycles. The lowest BCUT2D eigenvalue weighted by molar-refractivity contribution is -0.127. The van der Waals surface area contributed by atoms with E-state index in [1.807, 2.05) is 30.0 Å². The van der Waals surface area contributed by atoms with Gasteiger partial charge in [0.25, 0.3) is 0 Å². The highest BCUT2D eigenvalue weighted by molar-refractivity contribution is 5.88. The van der Waals surface area contributed by atoms with Crippen molar-refractivity contribution in [3.63, 3.8) is 0 Å². The fraction of sp³-hybridized carbons (Fsp3) is 0.591. The summed E-state index contributed by atoms with van der Waals surface area (Å²) < 4.78 is 10.8. The van der Waals surface area contributed by atoms with E-state index in [0.29, 0.717) is 12.6 Å². The van der Waals surface area contributed by atoms with Crippen molar-refractivity contribution in [3.05, 3.63) is 35.4 Å². The second-order valence-corrected chi connectivity index (χ2v) is 7.67. The van der Waals surface area contributed by atoms with Gasteiger partial charge in [0.05, 0.1) is 0 Å². The summed E-state index contributed by atoms with van der Waals surface area (Å²) in [6.07, 6.45) is 5.16. The zero-order chi connectivity index (χ0) is 19.4. The maximum Gasteiger partial charge on any atom is 0.246 e. The lowest BCUT2D eigenvalue weighted by Gasteiger charge is -2.29. The van der Waals surface area contributed by atoms with Gasteiger partial charge in [0.2, 0.25) is 12.7 Å². The number of likely N-dealkylation sites (tertiary alicyclic amines) is 1. The van der Waals surface area contributed by atoms with Crippen LogP contribution in [0, 0.1) is 0 Å². The molecule has 0 spiro atoms. The molecule has 0 aromatic heterocycles. The number of fused-ring (bicyclic) bond motifs is 1. The summed E-state index contributed by atoms with van der Waals surface area (Å²) in [7, 11) is 0. The van der Waals surface area contributed by atoms with Crippen LogP contribution in [-0.2, 0) is 11.2 Å². The number of rotatable bonds is 7. The van der Waals surface area contributed by atoms with Crippen LogP contribution >= 0.6 is 0 Å². The molecule has 27 heavy (non-hydrogen) atoms. The number of amides is 1. The van der Waals surface area contributed by atoms with Gasteiger partial charge in [-0.05, 0) is 77.7 Å². The number of ether oxygens (including phenoxy) is 2. The van der Waals surface area contributed by atoms with Crippen molar-refractivity contribution in [1.29, 1.82) is 0 Å². The van der Waals surface area contributed by atoms with Crippen molar-refractivity contribution in [2.45, 2.75) is 59.0 Å². The van der Waals surface area contributed by atoms with E-state index in [-0.39, 0.29) is 18.7 Å². The van der Waals surface area contributed by atoms with Crippen molar-refractivity contribution in [2.24, 2.45) is 0 Å². The highest BCUT2D eigenvalue weighted by atomic mass is 16.7. The van der Waals surface area contributed by atoms with Gasteiger partial charge in [0, 0.05) is 24.7 Å². The monoisotopic (exact) mass is 372 g/mol. The van der Waals surface area contributed by atoms with E-state index in [0.717, 1.165) is 42.1 Å². The molecule has 2 atom stereocenters. The minimum absolute atomic E-state index is 0.106. The lowest BCUT2D eigenvalue weighted by Crippen LogP contribution is -2.39. The molecule has 0 saturated carbocycles. The number of carbonyl (C=O) groups is 1. The predicted molar refractivity (Wildman–Crippen MR) is 107 cm³/mol. The van der Waals surface area contributed by atoms with E-state index in [1.165, 1.54) is 12.8 Å². The first-order valence-corrected chi connectivity index (χ1v) is 10.1. The molecule has 3 rings (SSSR count). The Bertz CT molecular complexity index is 695. The van der Waals surface area contributed by atoms with Crippen molar-refractivity contribution in [2.75, 3.05) is 26.4 Å². The Morgan fingerprint density at radius 2 is 1.93 bits per heavy atom. The van der Waals surface area contributed by atoms with Gasteiger partial charge in [-0.3, -0.25) is 9.69 Å². The zero-order valence-electron chi connectivity index (χ0n) is 17.0. The molecular formula is C22H32N2O3. The van der Waals surface area contributed by atoms with Gasteiger partial charge < -0.3 is 14.4 Å². The molecule has 2 aliphatic heterocycles. The van der Waals surface area contributed by atoms with Crippen LogP contribution in [0.5, 0.6) is 11.5 Å². The van der Waals surface area contributed by atoms with Crippen LogP contribution in [0.1, 0.15) is 46.1 Å². The highest BCUT2D eigenvalue weighted by Gasteiger charge is 2.22. The van der Waals surface area contributed by atoms with Crippen LogP contribution in [0.3, 0.4) is 0 Å². The van der Waals surface area contributed by atoms with Gasteiger partial charge in [-0.1, -0.05) is 11.6 Å². The molecule has 5 nitrogen and oxygen atoms in total. The van der Waals surface area contributed by atoms with E-state index >= 15 is 0 Å². The summed E-state index contributed by atoms with van der Waals surface area (Å²) in [5.74, 6) is 1.70. The topological polar surface area (TPSA) is 42.0 Å². The third-order valence-corrected chi connectivity index (χ3v) is 5.82. The number of likely N-dealkylation sites (N-methyl/N-ethyl adjacent to an activating group) is 1. The second-order valence-electron chi connectivity index (χ2n) is 7.67. The standard InChI is InChI=1S/C22H32N2O3/c1-5-24(22(25)12-16(2)18(4)23-10-6-7-11-23)17(3)13-19-8-9-20-21(14-19)27-15-26-20/h8-9,12,14,17-18H,5-7,10-11,13,15H2,1-4H3/b16-12+/t17-,18?/m0/s1. The maximum absolute atomic E-state index is 12.9. The summed E-state index contributed by atoms with van der Waals surface area (Å²) in [6, 6.07) is 6.48. The molecule has 0 radical (unpaired) electrons. The Morgan fingerprint density at radius 1 is 1.22 bits per heavy atom. The SMILES string of the molecule is CCN(C(=O)/C=C(\C)C(C)N1CCCC1)[C@@H](C)Cc1ccc2c(c1)OCO2. The number of carbonyl (C=O) groups excluding carboxylic acids is 1. The third kappa shape index (κ3) is 4.64. The van der Waals surface area contributed by atoms with Crippen molar-refractivity contribution >= 4 is 5.91 Å². The molecule has 1 amide bonds. The largest absolute Gasteiger partial charge is 0.454 e. The molecule has 0 aliphatic carbocycles. The van der Waals surface area contributed by atoms with E-state index < -0.39 is 0 Å². The van der Waals surface area contributed by atoms with Gasteiger partial charge in [-0.2, -0.15) is 0 Å². The molecule has 148 valence electrons. The lowest BCUT2D eigenvalue weighted by atomic mass is 10.0. The highest BCUT2D eigenvalue weighted by Crippen LogP contribution is 2.33. The Morgan fingerprint density at radius 3 is 2.63 bits per heavy atom. The van der Waals surface area contributed by atoms with Crippen molar-refractivity contribution < 1.29 is 14.3 Å². The smallest absolute Gasteiger partial charge is 0.246 e. The summed E-state index contributed by atoms with van der Waals surface area (Å²) in [5.41, 5.74) is 2.31. The fourth-order valence-electron chi connectivity index (χ4n) is 4.02. The number of hydrogen-bond acceptors (Lipinski definition) is 4. The molecule has 0 bridgehead atoms. The molecule has 1 aromatic carbocycles. The minimum atomic E-state index is 0.106. The first-order valence-electron chi connectivity index (χ1n) is 10.1. The molecule has 1 saturated heterocycles. The van der Waals surface area contributed by atoms with E-state index in [4.69, 9.17) is 9.47 Å². The summed E-state index contributed by atoms with van der Waals surface area (Å²) in [6.45, 7) is 11.7. The Labute approximate surface area is 162 Å². The summed E-state index contributed by atoms with van der Waals surface area (Å²) >= 11 is 0. The number of benzene rings is 1. The predicted octanol–water partition coefficient (Wildman–Crippen LogP) is 3.63. The van der Waals surface area contributed by atoms with Gasteiger partial charge in [-0.25, -0.2) is 0 Å². The molecule has 2 aliphatic rings. The quantitative estimate of drug-likeness (QED) is 0.686. The van der Waals surface area contributed by atoms with E-state index in [1.54, 1.807) is 0 Å². The number of hydrogen-bond donors (Lipinski definition) is 0. The van der Waals surface area contributed by atoms with Crippen molar-refractivity contribution in [3.8, 4) is 11.5 Å². The molecule has 1 fully saturated rings. The van der Waals surface area contributed by atoms with E-state index in [2.05, 4.69) is 31.7 Å². The fourth-order valence-corrected chi connectivity index (χ4v) is 4.02. The summed E-state index contributed by atoms with van der Waals surface area (Å²) in [5, 5.41) is 0. The third-order valence-electron chi connectivity index (χ3n) is 5.82. The number of nitrogens with zero attached hydrogens (tertiary/aromatic N) is 2. The maximum atomic E-state index is 12.9. The van der Waals surface area contributed by atoms with Crippen LogP contribution < -0.4 is 9.47 Å². The molecular weight excluding hydrogens is 340 g/mol. The first-order chi connectivity index (χ1) is 13.0. The molecule has 1 unspecified atom stereocenters. The summed E-state index contributed by atoms with van der Waals surface area (Å²) in [4.78, 5) is 17.3. The van der Waals surface area contributed by atoms with Crippen molar-refractivity contribution in [1.82, 2.24) is 9.80 Å². The zero-order valence-corrected chi connectivity index (χ0v) is 17.0. The normalized spacial score (nSPS) is 19.2. The Balaban J connectivity index is 1.64. The van der Waals surface area contributed by atoms with Crippen LogP contribution in [-0.4, -0.2) is 54.2 Å². The van der Waals surface area contributed by atoms with Gasteiger partial charge >= 0.3 is 0 Å². The average molecular weight is 373 g/mol. The second kappa shape index (κ2) is 8.79. The van der Waals surface area contributed by atoms with Crippen LogP contribution in [0.4, 0.5) is 0 Å². The minimum Gasteiger partial charge on any atom is -0.454 e. The van der Waals surface area contributed by atoms with Crippen LogP contribution in [0.25, 0.3) is 0 Å². The average Bonchev–Trinajstić information content (AvgIpc) is 3.32. The van der Waals surface area contributed by atoms with Gasteiger partial charge in [0.1, 0.15) is 0 Å². The van der Waals surface area contributed by atoms with Gasteiger partial charge in [-0.15, -0.1) is 0 Å². The van der Waals surface area contributed by atoms with E-state index in [9.17, 15) is 4.79 Å². The van der Waals surface area contributed by atoms with Gasteiger partial charge in [0.15, 0.2) is 11.5 Å². The van der Waals surface area contributed by atoms with Crippen LogP contribution in [0.15, 0.2) is 29.8 Å². The molecule has 5 heteroatoms. The Kier molecular flexibility index (Phi) is 6.42.